The fourth-order valence-electron chi connectivity index (χ4n) is 3.71. The van der Waals surface area contributed by atoms with E-state index in [1.54, 1.807) is 11.3 Å². The van der Waals surface area contributed by atoms with Gasteiger partial charge in [-0.05, 0) is 43.7 Å². The Morgan fingerprint density at radius 2 is 2.27 bits per heavy atom. The number of fused-ring (bicyclic) bond motifs is 2. The summed E-state index contributed by atoms with van der Waals surface area (Å²) in [6.07, 6.45) is 9.39. The van der Waals surface area contributed by atoms with Gasteiger partial charge in [0, 0.05) is 27.5 Å². The van der Waals surface area contributed by atoms with Crippen LogP contribution in [0.2, 0.25) is 0 Å². The van der Waals surface area contributed by atoms with Gasteiger partial charge in [-0.1, -0.05) is 52.4 Å². The van der Waals surface area contributed by atoms with Gasteiger partial charge in [0.25, 0.3) is 0 Å². The van der Waals surface area contributed by atoms with Crippen LogP contribution >= 0.6 is 27.3 Å². The van der Waals surface area contributed by atoms with Crippen molar-refractivity contribution >= 4 is 33.5 Å². The lowest BCUT2D eigenvalue weighted by atomic mass is 9.95. The monoisotopic (exact) mass is 427 g/mol. The fraction of sp³-hybridized carbons (Fsp3) is 0.333. The predicted octanol–water partition coefficient (Wildman–Crippen LogP) is 5.50. The predicted molar refractivity (Wildman–Crippen MR) is 113 cm³/mol. The Balaban J connectivity index is 1.72. The largest absolute Gasteiger partial charge is 0.253 e. The molecule has 1 fully saturated rings. The van der Waals surface area contributed by atoms with Crippen LogP contribution in [0.15, 0.2) is 68.5 Å². The van der Waals surface area contributed by atoms with E-state index in [1.807, 2.05) is 17.7 Å². The molecule has 0 radical (unpaired) electrons. The lowest BCUT2D eigenvalue weighted by molar-refractivity contribution is 0.589. The summed E-state index contributed by atoms with van der Waals surface area (Å²) >= 11 is 5.20. The van der Waals surface area contributed by atoms with E-state index in [9.17, 15) is 0 Å². The average Bonchev–Trinajstić information content (AvgIpc) is 3.33. The molecule has 3 nitrogen and oxygen atoms in total. The lowest BCUT2D eigenvalue weighted by Gasteiger charge is -2.12. The second kappa shape index (κ2) is 7.49. The minimum atomic E-state index is 0.543. The summed E-state index contributed by atoms with van der Waals surface area (Å²) in [5, 5.41) is 7.02. The normalized spacial score (nSPS) is 24.8. The van der Waals surface area contributed by atoms with E-state index in [4.69, 9.17) is 10.1 Å². The van der Waals surface area contributed by atoms with Crippen molar-refractivity contribution in [3.05, 3.63) is 63.2 Å². The van der Waals surface area contributed by atoms with Crippen molar-refractivity contribution in [1.29, 1.82) is 0 Å². The molecule has 0 aliphatic heterocycles. The third kappa shape index (κ3) is 3.69. The Morgan fingerprint density at radius 1 is 1.38 bits per heavy atom. The van der Waals surface area contributed by atoms with Crippen LogP contribution in [-0.4, -0.2) is 17.4 Å². The zero-order valence-corrected chi connectivity index (χ0v) is 17.2. The molecule has 26 heavy (non-hydrogen) atoms. The number of thiazole rings is 1. The topological polar surface area (TPSA) is 29.6 Å². The third-order valence-electron chi connectivity index (χ3n) is 4.99. The molecule has 2 aliphatic carbocycles. The molecule has 1 aromatic carbocycles. The lowest BCUT2D eigenvalue weighted by Crippen LogP contribution is -2.15. The molecule has 0 amide bonds. The highest BCUT2D eigenvalue weighted by molar-refractivity contribution is 9.10. The maximum atomic E-state index is 4.88. The van der Waals surface area contributed by atoms with E-state index in [2.05, 4.69) is 64.5 Å². The van der Waals surface area contributed by atoms with Crippen LogP contribution in [0.25, 0.3) is 11.3 Å². The fourth-order valence-corrected chi connectivity index (χ4v) is 4.95. The number of halogens is 1. The molecule has 2 aromatic rings. The Hall–Kier alpha value is -1.72. The second-order valence-corrected chi connectivity index (χ2v) is 8.96. The molecule has 0 spiro atoms. The Bertz CT molecular complexity index is 950. The van der Waals surface area contributed by atoms with E-state index in [-0.39, 0.29) is 0 Å². The summed E-state index contributed by atoms with van der Waals surface area (Å²) in [7, 11) is 0. The minimum Gasteiger partial charge on any atom is -0.253 e. The standard InChI is InChI=1S/C21H22BrN3S/c1-14(2)11-23-21-25(24-12-18-9-15-6-7-16(18)8-15)20(13-26-21)17-4-3-5-19(22)10-17/h3-7,10,12-13,15-16,18H,1,8-9,11H2,2H3. The van der Waals surface area contributed by atoms with Crippen molar-refractivity contribution in [3.63, 3.8) is 0 Å². The van der Waals surface area contributed by atoms with Crippen molar-refractivity contribution in [2.45, 2.75) is 19.8 Å². The molecule has 5 heteroatoms. The first-order valence-corrected chi connectivity index (χ1v) is 10.6. The summed E-state index contributed by atoms with van der Waals surface area (Å²) in [6, 6.07) is 8.33. The average molecular weight is 428 g/mol. The zero-order chi connectivity index (χ0) is 18.1. The molecular weight excluding hydrogens is 406 g/mol. The minimum absolute atomic E-state index is 0.543. The molecule has 134 valence electrons. The highest BCUT2D eigenvalue weighted by atomic mass is 79.9. The zero-order valence-electron chi connectivity index (χ0n) is 14.8. The van der Waals surface area contributed by atoms with Crippen LogP contribution in [0.3, 0.4) is 0 Å². The van der Waals surface area contributed by atoms with Gasteiger partial charge in [-0.3, -0.25) is 4.99 Å². The molecule has 2 aliphatic rings. The third-order valence-corrected chi connectivity index (χ3v) is 6.34. The number of benzene rings is 1. The maximum absolute atomic E-state index is 4.88. The molecule has 2 bridgehead atoms. The van der Waals surface area contributed by atoms with Crippen LogP contribution < -0.4 is 4.80 Å². The van der Waals surface area contributed by atoms with Gasteiger partial charge in [-0.15, -0.1) is 11.3 Å². The van der Waals surface area contributed by atoms with Gasteiger partial charge < -0.3 is 0 Å². The molecule has 3 unspecified atom stereocenters. The summed E-state index contributed by atoms with van der Waals surface area (Å²) in [5.41, 5.74) is 3.26. The highest BCUT2D eigenvalue weighted by Gasteiger charge is 2.34. The first-order valence-electron chi connectivity index (χ1n) is 8.94. The van der Waals surface area contributed by atoms with Gasteiger partial charge in [-0.2, -0.15) is 5.10 Å². The molecule has 4 rings (SSSR count). The summed E-state index contributed by atoms with van der Waals surface area (Å²) in [5.74, 6) is 1.95. The molecule has 3 atom stereocenters. The van der Waals surface area contributed by atoms with Crippen LogP contribution in [-0.2, 0) is 0 Å². The van der Waals surface area contributed by atoms with Gasteiger partial charge in [-0.25, -0.2) is 4.68 Å². The van der Waals surface area contributed by atoms with Crippen LogP contribution in [0.5, 0.6) is 0 Å². The Kier molecular flexibility index (Phi) is 5.09. The molecule has 0 N–H and O–H groups in total. The van der Waals surface area contributed by atoms with Gasteiger partial charge >= 0.3 is 0 Å². The van der Waals surface area contributed by atoms with Crippen molar-refractivity contribution in [2.75, 3.05) is 6.54 Å². The van der Waals surface area contributed by atoms with Crippen LogP contribution in [0, 0.1) is 17.8 Å². The van der Waals surface area contributed by atoms with E-state index in [0.29, 0.717) is 18.4 Å². The number of hydrogen-bond donors (Lipinski definition) is 0. The van der Waals surface area contributed by atoms with Gasteiger partial charge in [0.15, 0.2) is 0 Å². The van der Waals surface area contributed by atoms with Crippen molar-refractivity contribution in [2.24, 2.45) is 27.8 Å². The smallest absolute Gasteiger partial charge is 0.206 e. The highest BCUT2D eigenvalue weighted by Crippen LogP contribution is 2.42. The molecule has 1 saturated carbocycles. The Labute approximate surface area is 166 Å². The van der Waals surface area contributed by atoms with E-state index < -0.39 is 0 Å². The summed E-state index contributed by atoms with van der Waals surface area (Å²) in [4.78, 5) is 5.62. The number of hydrogen-bond acceptors (Lipinski definition) is 3. The molecule has 1 heterocycles. The van der Waals surface area contributed by atoms with Crippen molar-refractivity contribution < 1.29 is 0 Å². The number of rotatable bonds is 5. The van der Waals surface area contributed by atoms with E-state index in [1.165, 1.54) is 12.8 Å². The maximum Gasteiger partial charge on any atom is 0.206 e. The molecular formula is C21H22BrN3S. The second-order valence-electron chi connectivity index (χ2n) is 7.21. The Morgan fingerprint density at radius 3 is 2.96 bits per heavy atom. The summed E-state index contributed by atoms with van der Waals surface area (Å²) < 4.78 is 3.06. The number of nitrogens with zero attached hydrogens (tertiary/aromatic N) is 3. The van der Waals surface area contributed by atoms with E-state index in [0.717, 1.165) is 32.0 Å². The quantitative estimate of drug-likeness (QED) is 0.445. The van der Waals surface area contributed by atoms with Crippen LogP contribution in [0.4, 0.5) is 0 Å². The number of aromatic nitrogens is 1. The van der Waals surface area contributed by atoms with Gasteiger partial charge in [0.2, 0.25) is 4.80 Å². The van der Waals surface area contributed by atoms with Gasteiger partial charge in [0.1, 0.15) is 0 Å². The molecule has 1 aromatic heterocycles. The molecule has 0 saturated heterocycles. The first-order chi connectivity index (χ1) is 12.6. The first kappa shape index (κ1) is 17.7. The SMILES string of the molecule is C=C(C)CN=c1scc(-c2cccc(Br)c2)n1N=CC1CC2C=CC1C2. The van der Waals surface area contributed by atoms with Gasteiger partial charge in [0.05, 0.1) is 12.2 Å². The van der Waals surface area contributed by atoms with Crippen LogP contribution in [0.1, 0.15) is 19.8 Å². The summed E-state index contributed by atoms with van der Waals surface area (Å²) in [6.45, 7) is 6.59. The number of allylic oxidation sites excluding steroid dienone is 2. The van der Waals surface area contributed by atoms with Crippen molar-refractivity contribution in [3.8, 4) is 11.3 Å². The van der Waals surface area contributed by atoms with E-state index >= 15 is 0 Å². The van der Waals surface area contributed by atoms with Crippen molar-refractivity contribution in [1.82, 2.24) is 4.68 Å².